The van der Waals surface area contributed by atoms with E-state index >= 15 is 0 Å². The molecule has 11 heterocycles. The van der Waals surface area contributed by atoms with Gasteiger partial charge in [0.15, 0.2) is 11.2 Å². The van der Waals surface area contributed by atoms with Gasteiger partial charge in [0.2, 0.25) is 0 Å². The minimum absolute atomic E-state index is 0. The van der Waals surface area contributed by atoms with E-state index in [-0.39, 0.29) is 148 Å². The van der Waals surface area contributed by atoms with E-state index in [1.165, 1.54) is 62.5 Å². The number of nitrogens with zero attached hydrogens (tertiary/aromatic N) is 15. The average molecular weight is 2090 g/mol. The Hall–Kier alpha value is -12.2. The maximum absolute atomic E-state index is 9.51. The van der Waals surface area contributed by atoms with Gasteiger partial charge < -0.3 is 48.9 Å². The van der Waals surface area contributed by atoms with Crippen LogP contribution in [-0.4, -0.2) is 136 Å². The zero-order valence-electron chi connectivity index (χ0n) is 87.1. The number of para-hydroxylation sites is 1. The van der Waals surface area contributed by atoms with Crippen LogP contribution in [0.25, 0.3) is 77.4 Å². The summed E-state index contributed by atoms with van der Waals surface area (Å²) >= 11 is 2.56. The minimum atomic E-state index is -0.821. The second-order valence-electron chi connectivity index (χ2n) is 44.8. The quantitative estimate of drug-likeness (QED) is 0.0781. The van der Waals surface area contributed by atoms with Crippen molar-refractivity contribution in [1.82, 2.24) is 72.2 Å². The number of fused-ring (bicyclic) bond motifs is 8. The molecule has 0 aliphatic carbocycles. The van der Waals surface area contributed by atoms with Crippen LogP contribution >= 0.6 is 23.5 Å². The van der Waals surface area contributed by atoms with Crippen LogP contribution in [0.5, 0.6) is 5.75 Å². The van der Waals surface area contributed by atoms with Gasteiger partial charge in [-0.25, -0.2) is 14.2 Å². The number of aliphatic hydroxyl groups excluding tert-OH is 5. The van der Waals surface area contributed by atoms with E-state index in [0.29, 0.717) is 6.54 Å². The molecule has 28 heteroatoms. The molecule has 3 unspecified atom stereocenters. The van der Waals surface area contributed by atoms with Gasteiger partial charge in [-0.3, -0.25) is 9.38 Å². The summed E-state index contributed by atoms with van der Waals surface area (Å²) < 4.78 is 46.7. The molecule has 0 spiro atoms. The molecule has 26 nitrogen and oxygen atoms in total. The number of anilines is 1. The number of rotatable bonds is 9. The van der Waals surface area contributed by atoms with Crippen molar-refractivity contribution < 1.29 is 48.5 Å². The number of benzene rings is 7. The highest BCUT2D eigenvalue weighted by Crippen LogP contribution is 2.36. The Morgan fingerprint density at radius 3 is 1.46 bits per heavy atom. The summed E-state index contributed by atoms with van der Waals surface area (Å²) in [6, 6.07) is 62.0. The lowest BCUT2D eigenvalue weighted by molar-refractivity contribution is 0.0535. The molecule has 18 aromatic rings. The standard InChI is InChI=1S/C13H18N2O.C13H21NO2.C13H20O3.2C11H13NO.C10H13N3.2C10H12N2O.2C10H12N2S.10CH4/c1-9(16)10-5-6-15-11(13(2,3)4)8-14-12(15)7-10;1-13(2,3)10-5-4-6-11(7-10)14-8-12(16)9-15;1-13(2,3)10-5-4-6-12(7-10)16-9-11(15)8-14;1-11(2,3)10-6-8-7-12-5-4-9(8)13-10;1-11(2,3)10-8-6-4-5-7-9(8)13-12-10;1-10(2,3)9-12-11-8-6-4-5-7-13(8)9;1-10(2,3)7-4-5-8-9(6-7)12-13-11-8;1-10(2,3)7-5-4-6-8-9(7)12-13-11-8;1-10(2,3)7-4-5-8-9(6-7)12-13-11-8;1-10(2,3)7-5-4-6-8-9(7)12-13-11-8;;;;;;;;;;/h5-9,16H,1-4H3;4-7,12,14-16H,8-9H2,1-3H3;4-7,11,14-15H,8-9H2,1-3H3;3*4-7H,1-3H3;4*4-6H,1-3H3;10*1H4. The Morgan fingerprint density at radius 1 is 0.383 bits per heavy atom. The first-order valence-corrected chi connectivity index (χ1v) is 48.5. The topological polar surface area (TPSA) is 351 Å². The van der Waals surface area contributed by atoms with Gasteiger partial charge in [0.1, 0.15) is 85.4 Å². The molecular formula is C121H186N16O10S2. The molecule has 3 atom stereocenters. The summed E-state index contributed by atoms with van der Waals surface area (Å²) in [6.07, 6.45) is 7.48. The van der Waals surface area contributed by atoms with E-state index in [0.717, 1.165) is 112 Å². The molecule has 0 aliphatic heterocycles. The predicted octanol–water partition coefficient (Wildman–Crippen LogP) is 31.8. The highest BCUT2D eigenvalue weighted by atomic mass is 32.1. The summed E-state index contributed by atoms with van der Waals surface area (Å²) in [4.78, 5) is 8.43. The van der Waals surface area contributed by atoms with Gasteiger partial charge in [-0.2, -0.15) is 17.5 Å². The van der Waals surface area contributed by atoms with E-state index in [2.05, 4.69) is 340 Å². The van der Waals surface area contributed by atoms with E-state index in [4.69, 9.17) is 28.5 Å². The predicted molar refractivity (Wildman–Crippen MR) is 633 cm³/mol. The Labute approximate surface area is 901 Å². The smallest absolute Gasteiger partial charge is 0.167 e. The van der Waals surface area contributed by atoms with Crippen LogP contribution in [0.3, 0.4) is 0 Å². The van der Waals surface area contributed by atoms with Crippen LogP contribution in [0, 0.1) is 0 Å². The largest absolute Gasteiger partial charge is 0.491 e. The first-order valence-electron chi connectivity index (χ1n) is 47.0. The number of hydrogen-bond acceptors (Lipinski definition) is 26. The first kappa shape index (κ1) is 139. The SMILES string of the molecule is C.C.C.C.C.C.C.C.C.C.CC(C)(C)c1cc2cnccc2o1.CC(C)(C)c1ccc2nonc2c1.CC(C)(C)c1ccc2nsnc2c1.CC(C)(C)c1cccc(NCC(O)CO)c1.CC(C)(C)c1cccc(OCC(O)CO)c1.CC(C)(C)c1cccc2nonc12.CC(C)(C)c1cccc2nsnc12.CC(C)(C)c1nnc2ccccn12.CC(C)(C)c1noc2ccccc12.CC(O)c1ccn2c(C(C)(C)C)cnc2c1. The van der Waals surface area contributed by atoms with Gasteiger partial charge in [-0.1, -0.05) is 366 Å². The lowest BCUT2D eigenvalue weighted by Gasteiger charge is -2.20. The maximum atomic E-state index is 9.51. The van der Waals surface area contributed by atoms with Gasteiger partial charge in [0.25, 0.3) is 0 Å². The van der Waals surface area contributed by atoms with Crippen LogP contribution in [0.4, 0.5) is 5.69 Å². The van der Waals surface area contributed by atoms with Gasteiger partial charge >= 0.3 is 0 Å². The lowest BCUT2D eigenvalue weighted by Crippen LogP contribution is -2.23. The number of aromatic nitrogens is 15. The molecule has 18 rings (SSSR count). The molecule has 149 heavy (non-hydrogen) atoms. The van der Waals surface area contributed by atoms with Crippen molar-refractivity contribution in [3.8, 4) is 5.75 Å². The molecule has 0 fully saturated rings. The van der Waals surface area contributed by atoms with Crippen LogP contribution in [0.1, 0.15) is 357 Å². The fourth-order valence-corrected chi connectivity index (χ4v) is 14.9. The van der Waals surface area contributed by atoms with Crippen molar-refractivity contribution in [2.24, 2.45) is 0 Å². The van der Waals surface area contributed by atoms with Gasteiger partial charge in [0, 0.05) is 81.3 Å². The normalized spacial score (nSPS) is 11.9. The average Bonchev–Trinajstić information content (AvgIpc) is 1.32. The van der Waals surface area contributed by atoms with Crippen LogP contribution in [0.15, 0.2) is 237 Å². The van der Waals surface area contributed by atoms with Crippen LogP contribution < -0.4 is 10.1 Å². The van der Waals surface area contributed by atoms with Gasteiger partial charge in [-0.05, 0) is 208 Å². The molecule has 0 amide bonds. The minimum Gasteiger partial charge on any atom is -0.491 e. The number of nitrogens with one attached hydrogen (secondary N) is 1. The van der Waals surface area contributed by atoms with E-state index < -0.39 is 18.3 Å². The van der Waals surface area contributed by atoms with Crippen LogP contribution in [-0.2, 0) is 54.1 Å². The molecule has 0 radical (unpaired) electrons. The zero-order chi connectivity index (χ0) is 103. The summed E-state index contributed by atoms with van der Waals surface area (Å²) in [5.41, 5.74) is 23.5. The molecule has 0 bridgehead atoms. The van der Waals surface area contributed by atoms with Crippen LogP contribution in [0.2, 0.25) is 0 Å². The fourth-order valence-electron chi connectivity index (χ4n) is 13.9. The Morgan fingerprint density at radius 2 is 0.899 bits per heavy atom. The summed E-state index contributed by atoms with van der Waals surface area (Å²) in [5.74, 6) is 2.73. The molecule has 11 aromatic heterocycles. The molecule has 0 saturated heterocycles. The first-order chi connectivity index (χ1) is 64.8. The number of ether oxygens (including phenoxy) is 1. The van der Waals surface area contributed by atoms with E-state index in [1.54, 1.807) is 13.1 Å². The fraction of sp³-hybridized carbons (Fsp3) is 0.479. The summed E-state index contributed by atoms with van der Waals surface area (Å²) in [6.45, 7) is 66.5. The summed E-state index contributed by atoms with van der Waals surface area (Å²) in [5, 5.41) is 78.2. The molecule has 0 aliphatic rings. The Kier molecular flexibility index (Phi) is 54.9. The maximum Gasteiger partial charge on any atom is 0.167 e. The van der Waals surface area contributed by atoms with Gasteiger partial charge in [0.05, 0.1) is 54.6 Å². The number of aliphatic hydroxyl groups is 5. The monoisotopic (exact) mass is 2090 g/mol. The third kappa shape index (κ3) is 40.6. The second kappa shape index (κ2) is 58.9. The van der Waals surface area contributed by atoms with Crippen molar-refractivity contribution in [2.75, 3.05) is 31.7 Å². The van der Waals surface area contributed by atoms with E-state index in [1.807, 2.05) is 163 Å². The third-order valence-electron chi connectivity index (χ3n) is 22.2. The highest BCUT2D eigenvalue weighted by Gasteiger charge is 2.27. The van der Waals surface area contributed by atoms with E-state index in [9.17, 15) is 15.3 Å². The van der Waals surface area contributed by atoms with Crippen molar-refractivity contribution in [3.05, 3.63) is 281 Å². The van der Waals surface area contributed by atoms with Crippen molar-refractivity contribution in [1.29, 1.82) is 0 Å². The Balaban J connectivity index is 0. The number of hydrogen-bond donors (Lipinski definition) is 6. The molecule has 6 N–H and O–H groups in total. The van der Waals surface area contributed by atoms with Crippen molar-refractivity contribution >= 4 is 107 Å². The molecular weight excluding hydrogens is 1900 g/mol. The zero-order valence-corrected chi connectivity index (χ0v) is 88.8. The molecule has 822 valence electrons. The van der Waals surface area contributed by atoms with Crippen molar-refractivity contribution in [2.45, 2.75) is 361 Å². The Bertz CT molecular complexity index is 6470. The second-order valence-corrected chi connectivity index (χ2v) is 45.9. The number of imidazole rings is 1. The molecule has 7 aromatic carbocycles. The number of pyridine rings is 3. The highest BCUT2D eigenvalue weighted by molar-refractivity contribution is 7.00. The lowest BCUT2D eigenvalue weighted by atomic mass is 9.86. The van der Waals surface area contributed by atoms with Gasteiger partial charge in [-0.15, -0.1) is 10.2 Å². The molecule has 0 saturated carbocycles. The number of furan rings is 1. The summed E-state index contributed by atoms with van der Waals surface area (Å²) in [7, 11) is 0. The van der Waals surface area contributed by atoms with Crippen molar-refractivity contribution in [3.63, 3.8) is 0 Å². The third-order valence-corrected chi connectivity index (χ3v) is 23.3.